The molecule has 0 spiro atoms. The number of nitrogens with one attached hydrogen (secondary N) is 1. The van der Waals surface area contributed by atoms with Gasteiger partial charge >= 0.3 is 0 Å². The van der Waals surface area contributed by atoms with Crippen molar-refractivity contribution in [2.75, 3.05) is 18.6 Å². The highest BCUT2D eigenvalue weighted by molar-refractivity contribution is 7.99. The van der Waals surface area contributed by atoms with Gasteiger partial charge in [0.15, 0.2) is 0 Å². The van der Waals surface area contributed by atoms with E-state index in [1.165, 1.54) is 24.0 Å². The average Bonchev–Trinajstić information content (AvgIpc) is 2.84. The standard InChI is InChI=1S/C13H17ClFNS/c1-16-13(9-4-5-17-8-9)7-10-6-11(14)2-3-12(10)15/h2-3,6,9,13,16H,4-5,7-8H2,1H3. The lowest BCUT2D eigenvalue weighted by molar-refractivity contribution is 0.399. The van der Waals surface area contributed by atoms with Gasteiger partial charge in [0.2, 0.25) is 0 Å². The SMILES string of the molecule is CNC(Cc1cc(Cl)ccc1F)C1CCSC1. The van der Waals surface area contributed by atoms with Crippen LogP contribution in [0.2, 0.25) is 5.02 Å². The molecule has 2 unspecified atom stereocenters. The second-order valence-electron chi connectivity index (χ2n) is 4.46. The quantitative estimate of drug-likeness (QED) is 0.903. The Morgan fingerprint density at radius 3 is 3.06 bits per heavy atom. The molecule has 0 amide bonds. The number of hydrogen-bond acceptors (Lipinski definition) is 2. The fourth-order valence-corrected chi connectivity index (χ4v) is 3.84. The molecule has 1 fully saturated rings. The van der Waals surface area contributed by atoms with Crippen LogP contribution in [0.1, 0.15) is 12.0 Å². The maximum atomic E-state index is 13.7. The van der Waals surface area contributed by atoms with Gasteiger partial charge in [0.25, 0.3) is 0 Å². The number of thioether (sulfide) groups is 1. The van der Waals surface area contributed by atoms with E-state index in [4.69, 9.17) is 11.6 Å². The molecule has 1 saturated heterocycles. The first-order chi connectivity index (χ1) is 8.20. The Morgan fingerprint density at radius 2 is 2.41 bits per heavy atom. The van der Waals surface area contributed by atoms with Crippen LogP contribution in [-0.4, -0.2) is 24.6 Å². The molecule has 0 saturated carbocycles. The second kappa shape index (κ2) is 6.07. The van der Waals surface area contributed by atoms with E-state index in [0.29, 0.717) is 29.0 Å². The fraction of sp³-hybridized carbons (Fsp3) is 0.538. The van der Waals surface area contributed by atoms with Crippen LogP contribution >= 0.6 is 23.4 Å². The molecule has 0 radical (unpaired) electrons. The van der Waals surface area contributed by atoms with Gasteiger partial charge in [-0.05, 0) is 61.1 Å². The van der Waals surface area contributed by atoms with Crippen LogP contribution in [0, 0.1) is 11.7 Å². The third kappa shape index (κ3) is 3.36. The van der Waals surface area contributed by atoms with Crippen LogP contribution in [0.15, 0.2) is 18.2 Å². The van der Waals surface area contributed by atoms with Crippen LogP contribution in [0.25, 0.3) is 0 Å². The van der Waals surface area contributed by atoms with Crippen LogP contribution in [0.5, 0.6) is 0 Å². The summed E-state index contributed by atoms with van der Waals surface area (Å²) < 4.78 is 13.7. The van der Waals surface area contributed by atoms with Crippen molar-refractivity contribution in [3.8, 4) is 0 Å². The van der Waals surface area contributed by atoms with Gasteiger partial charge in [-0.15, -0.1) is 0 Å². The van der Waals surface area contributed by atoms with Gasteiger partial charge in [0, 0.05) is 11.1 Å². The first-order valence-electron chi connectivity index (χ1n) is 5.89. The number of likely N-dealkylation sites (N-methyl/N-ethyl adjacent to an activating group) is 1. The molecule has 1 aromatic rings. The number of hydrogen-bond donors (Lipinski definition) is 1. The molecule has 1 N–H and O–H groups in total. The Kier molecular flexibility index (Phi) is 4.71. The Labute approximate surface area is 111 Å². The Morgan fingerprint density at radius 1 is 1.59 bits per heavy atom. The summed E-state index contributed by atoms with van der Waals surface area (Å²) in [7, 11) is 1.95. The Hall–Kier alpha value is -0.250. The van der Waals surface area contributed by atoms with Crippen molar-refractivity contribution in [2.45, 2.75) is 18.9 Å². The summed E-state index contributed by atoms with van der Waals surface area (Å²) in [6.07, 6.45) is 1.94. The molecule has 1 aromatic carbocycles. The van der Waals surface area contributed by atoms with E-state index < -0.39 is 0 Å². The third-order valence-corrected chi connectivity index (χ3v) is 4.78. The zero-order valence-electron chi connectivity index (χ0n) is 9.88. The molecule has 2 rings (SSSR count). The van der Waals surface area contributed by atoms with Crippen LogP contribution < -0.4 is 5.32 Å². The number of benzene rings is 1. The van der Waals surface area contributed by atoms with E-state index in [1.54, 1.807) is 12.1 Å². The van der Waals surface area contributed by atoms with Gasteiger partial charge in [-0.3, -0.25) is 0 Å². The Balaban J connectivity index is 2.09. The minimum Gasteiger partial charge on any atom is -0.316 e. The average molecular weight is 274 g/mol. The maximum Gasteiger partial charge on any atom is 0.126 e. The minimum absolute atomic E-state index is 0.152. The van der Waals surface area contributed by atoms with Gasteiger partial charge in [-0.2, -0.15) is 11.8 Å². The highest BCUT2D eigenvalue weighted by atomic mass is 35.5. The normalized spacial score (nSPS) is 21.7. The van der Waals surface area contributed by atoms with Crippen molar-refractivity contribution in [3.05, 3.63) is 34.6 Å². The molecule has 0 bridgehead atoms. The zero-order valence-corrected chi connectivity index (χ0v) is 11.5. The molecular weight excluding hydrogens is 257 g/mol. The van der Waals surface area contributed by atoms with E-state index in [-0.39, 0.29) is 5.82 Å². The van der Waals surface area contributed by atoms with Crippen molar-refractivity contribution in [1.29, 1.82) is 0 Å². The van der Waals surface area contributed by atoms with Crippen molar-refractivity contribution in [2.24, 2.45) is 5.92 Å². The number of halogens is 2. The van der Waals surface area contributed by atoms with Crippen molar-refractivity contribution in [3.63, 3.8) is 0 Å². The third-order valence-electron chi connectivity index (χ3n) is 3.35. The summed E-state index contributed by atoms with van der Waals surface area (Å²) in [6.45, 7) is 0. The predicted molar refractivity (Wildman–Crippen MR) is 73.4 cm³/mol. The smallest absolute Gasteiger partial charge is 0.126 e. The number of rotatable bonds is 4. The van der Waals surface area contributed by atoms with Crippen molar-refractivity contribution >= 4 is 23.4 Å². The first kappa shape index (κ1) is 13.2. The molecule has 0 aromatic heterocycles. The van der Waals surface area contributed by atoms with E-state index in [0.717, 1.165) is 0 Å². The summed E-state index contributed by atoms with van der Waals surface area (Å²) in [5, 5.41) is 3.92. The first-order valence-corrected chi connectivity index (χ1v) is 7.43. The van der Waals surface area contributed by atoms with E-state index in [2.05, 4.69) is 5.32 Å². The van der Waals surface area contributed by atoms with Gasteiger partial charge in [-0.1, -0.05) is 11.6 Å². The molecule has 0 aliphatic carbocycles. The molecule has 4 heteroatoms. The minimum atomic E-state index is -0.152. The lowest BCUT2D eigenvalue weighted by Gasteiger charge is -2.22. The summed E-state index contributed by atoms with van der Waals surface area (Å²) in [5.74, 6) is 2.89. The molecule has 1 heterocycles. The monoisotopic (exact) mass is 273 g/mol. The van der Waals surface area contributed by atoms with E-state index >= 15 is 0 Å². The topological polar surface area (TPSA) is 12.0 Å². The second-order valence-corrected chi connectivity index (χ2v) is 6.04. The lowest BCUT2D eigenvalue weighted by Crippen LogP contribution is -2.35. The molecule has 1 aliphatic heterocycles. The molecule has 2 atom stereocenters. The van der Waals surface area contributed by atoms with Crippen LogP contribution in [-0.2, 0) is 6.42 Å². The van der Waals surface area contributed by atoms with Gasteiger partial charge < -0.3 is 5.32 Å². The molecular formula is C13H17ClFNS. The summed E-state index contributed by atoms with van der Waals surface area (Å²) >= 11 is 7.90. The fourth-order valence-electron chi connectivity index (χ4n) is 2.31. The summed E-state index contributed by atoms with van der Waals surface area (Å²) in [6, 6.07) is 5.13. The largest absolute Gasteiger partial charge is 0.316 e. The van der Waals surface area contributed by atoms with E-state index in [1.807, 2.05) is 18.8 Å². The summed E-state index contributed by atoms with van der Waals surface area (Å²) in [5.41, 5.74) is 0.716. The lowest BCUT2D eigenvalue weighted by atomic mass is 9.93. The highest BCUT2D eigenvalue weighted by Crippen LogP contribution is 2.28. The van der Waals surface area contributed by atoms with Crippen LogP contribution in [0.3, 0.4) is 0 Å². The maximum absolute atomic E-state index is 13.7. The van der Waals surface area contributed by atoms with Gasteiger partial charge in [0.1, 0.15) is 5.82 Å². The van der Waals surface area contributed by atoms with E-state index in [9.17, 15) is 4.39 Å². The van der Waals surface area contributed by atoms with Crippen LogP contribution in [0.4, 0.5) is 4.39 Å². The molecule has 94 valence electrons. The van der Waals surface area contributed by atoms with Crippen molar-refractivity contribution < 1.29 is 4.39 Å². The predicted octanol–water partition coefficient (Wildman–Crippen LogP) is 3.36. The molecule has 1 aliphatic rings. The molecule has 17 heavy (non-hydrogen) atoms. The Bertz CT molecular complexity index is 380. The highest BCUT2D eigenvalue weighted by Gasteiger charge is 2.25. The summed E-state index contributed by atoms with van der Waals surface area (Å²) in [4.78, 5) is 0. The van der Waals surface area contributed by atoms with Gasteiger partial charge in [0.05, 0.1) is 0 Å². The molecule has 1 nitrogen and oxygen atoms in total. The van der Waals surface area contributed by atoms with Gasteiger partial charge in [-0.25, -0.2) is 4.39 Å². The zero-order chi connectivity index (χ0) is 12.3. The van der Waals surface area contributed by atoms with Crippen molar-refractivity contribution in [1.82, 2.24) is 5.32 Å².